The SMILES string of the molecule is CNCCc1sc(-c2ccnc(Nc3cc(C)cc(C)c3)n2)nc1C. The molecule has 0 aliphatic rings. The molecular formula is C19H23N5S. The van der Waals surface area contributed by atoms with Gasteiger partial charge in [-0.1, -0.05) is 6.07 Å². The molecule has 0 aliphatic carbocycles. The molecule has 2 N–H and O–H groups in total. The molecule has 0 amide bonds. The van der Waals surface area contributed by atoms with Gasteiger partial charge in [0.2, 0.25) is 5.95 Å². The fourth-order valence-corrected chi connectivity index (χ4v) is 3.75. The van der Waals surface area contributed by atoms with E-state index in [2.05, 4.69) is 64.6 Å². The first kappa shape index (κ1) is 17.5. The second-order valence-electron chi connectivity index (χ2n) is 6.15. The zero-order valence-corrected chi connectivity index (χ0v) is 15.9. The summed E-state index contributed by atoms with van der Waals surface area (Å²) in [4.78, 5) is 15.0. The minimum absolute atomic E-state index is 0.590. The van der Waals surface area contributed by atoms with Crippen molar-refractivity contribution < 1.29 is 0 Å². The maximum Gasteiger partial charge on any atom is 0.227 e. The van der Waals surface area contributed by atoms with Crippen molar-refractivity contribution in [2.45, 2.75) is 27.2 Å². The van der Waals surface area contributed by atoms with Crippen LogP contribution >= 0.6 is 11.3 Å². The molecule has 25 heavy (non-hydrogen) atoms. The lowest BCUT2D eigenvalue weighted by atomic mass is 10.1. The summed E-state index contributed by atoms with van der Waals surface area (Å²) in [5.74, 6) is 0.590. The molecule has 0 spiro atoms. The molecule has 3 aromatic rings. The van der Waals surface area contributed by atoms with E-state index in [9.17, 15) is 0 Å². The van der Waals surface area contributed by atoms with Crippen molar-refractivity contribution in [2.75, 3.05) is 18.9 Å². The Morgan fingerprint density at radius 2 is 1.80 bits per heavy atom. The lowest BCUT2D eigenvalue weighted by Gasteiger charge is -2.07. The van der Waals surface area contributed by atoms with E-state index < -0.39 is 0 Å². The van der Waals surface area contributed by atoms with Gasteiger partial charge in [-0.25, -0.2) is 15.0 Å². The zero-order valence-electron chi connectivity index (χ0n) is 15.1. The van der Waals surface area contributed by atoms with Crippen LogP contribution in [0.5, 0.6) is 0 Å². The van der Waals surface area contributed by atoms with Gasteiger partial charge < -0.3 is 10.6 Å². The molecule has 0 fully saturated rings. The fraction of sp³-hybridized carbons (Fsp3) is 0.316. The Morgan fingerprint density at radius 1 is 1.04 bits per heavy atom. The van der Waals surface area contributed by atoms with Crippen molar-refractivity contribution in [1.82, 2.24) is 20.3 Å². The second-order valence-corrected chi connectivity index (χ2v) is 7.23. The van der Waals surface area contributed by atoms with Gasteiger partial charge in [0.1, 0.15) is 10.7 Å². The molecule has 0 atom stereocenters. The third kappa shape index (κ3) is 4.41. The molecule has 0 aliphatic heterocycles. The van der Waals surface area contributed by atoms with Crippen LogP contribution in [0.15, 0.2) is 30.5 Å². The predicted octanol–water partition coefficient (Wildman–Crippen LogP) is 4.03. The van der Waals surface area contributed by atoms with E-state index in [1.807, 2.05) is 13.1 Å². The zero-order chi connectivity index (χ0) is 17.8. The average molecular weight is 353 g/mol. The average Bonchev–Trinajstić information content (AvgIpc) is 2.93. The van der Waals surface area contributed by atoms with Crippen LogP contribution in [0.1, 0.15) is 21.7 Å². The summed E-state index contributed by atoms with van der Waals surface area (Å²) >= 11 is 1.70. The maximum atomic E-state index is 4.68. The third-order valence-corrected chi connectivity index (χ3v) is 5.09. The Kier molecular flexibility index (Phi) is 5.40. The smallest absolute Gasteiger partial charge is 0.227 e. The number of thiazole rings is 1. The van der Waals surface area contributed by atoms with Gasteiger partial charge in [-0.2, -0.15) is 0 Å². The molecule has 2 aromatic heterocycles. The number of rotatable bonds is 6. The molecule has 1 aromatic carbocycles. The summed E-state index contributed by atoms with van der Waals surface area (Å²) in [7, 11) is 1.96. The molecule has 5 nitrogen and oxygen atoms in total. The minimum Gasteiger partial charge on any atom is -0.324 e. The van der Waals surface area contributed by atoms with Gasteiger partial charge in [0.05, 0.1) is 5.69 Å². The van der Waals surface area contributed by atoms with E-state index >= 15 is 0 Å². The van der Waals surface area contributed by atoms with Crippen molar-refractivity contribution in [3.05, 3.63) is 52.2 Å². The topological polar surface area (TPSA) is 62.7 Å². The molecular weight excluding hydrogens is 330 g/mol. The Morgan fingerprint density at radius 3 is 2.52 bits per heavy atom. The highest BCUT2D eigenvalue weighted by Crippen LogP contribution is 2.27. The van der Waals surface area contributed by atoms with Crippen LogP contribution in [-0.2, 0) is 6.42 Å². The van der Waals surface area contributed by atoms with Crippen molar-refractivity contribution in [2.24, 2.45) is 0 Å². The van der Waals surface area contributed by atoms with Crippen molar-refractivity contribution >= 4 is 23.0 Å². The number of hydrogen-bond acceptors (Lipinski definition) is 6. The first-order valence-electron chi connectivity index (χ1n) is 8.35. The van der Waals surface area contributed by atoms with Gasteiger partial charge in [-0.3, -0.25) is 0 Å². The Balaban J connectivity index is 1.84. The van der Waals surface area contributed by atoms with Crippen molar-refractivity contribution in [1.29, 1.82) is 0 Å². The van der Waals surface area contributed by atoms with Crippen LogP contribution in [0.3, 0.4) is 0 Å². The Hall–Kier alpha value is -2.31. The minimum atomic E-state index is 0.590. The molecule has 3 rings (SSSR count). The van der Waals surface area contributed by atoms with Crippen LogP contribution in [0.2, 0.25) is 0 Å². The lowest BCUT2D eigenvalue weighted by molar-refractivity contribution is 0.795. The number of anilines is 2. The van der Waals surface area contributed by atoms with E-state index in [-0.39, 0.29) is 0 Å². The number of likely N-dealkylation sites (N-methyl/N-ethyl adjacent to an activating group) is 1. The molecule has 6 heteroatoms. The van der Waals surface area contributed by atoms with Crippen LogP contribution < -0.4 is 10.6 Å². The molecule has 0 bridgehead atoms. The van der Waals surface area contributed by atoms with E-state index in [0.29, 0.717) is 5.95 Å². The first-order valence-corrected chi connectivity index (χ1v) is 9.16. The third-order valence-electron chi connectivity index (χ3n) is 3.85. The second kappa shape index (κ2) is 7.72. The number of aromatic nitrogens is 3. The highest BCUT2D eigenvalue weighted by molar-refractivity contribution is 7.15. The quantitative estimate of drug-likeness (QED) is 0.700. The normalized spacial score (nSPS) is 10.9. The van der Waals surface area contributed by atoms with Crippen molar-refractivity contribution in [3.63, 3.8) is 0 Å². The fourth-order valence-electron chi connectivity index (χ4n) is 2.72. The number of benzene rings is 1. The highest BCUT2D eigenvalue weighted by Gasteiger charge is 2.11. The van der Waals surface area contributed by atoms with Gasteiger partial charge in [0.25, 0.3) is 0 Å². The summed E-state index contributed by atoms with van der Waals surface area (Å²) in [6.07, 6.45) is 2.76. The standard InChI is InChI=1S/C19H23N5S/c1-12-9-13(2)11-15(10-12)23-19-21-8-5-16(24-19)18-22-14(3)17(25-18)6-7-20-4/h5,8-11,20H,6-7H2,1-4H3,(H,21,23,24). The van der Waals surface area contributed by atoms with E-state index in [0.717, 1.165) is 35.0 Å². The van der Waals surface area contributed by atoms with Gasteiger partial charge in [0.15, 0.2) is 0 Å². The van der Waals surface area contributed by atoms with Crippen molar-refractivity contribution in [3.8, 4) is 10.7 Å². The summed E-state index contributed by atoms with van der Waals surface area (Å²) in [6.45, 7) is 7.17. The van der Waals surface area contributed by atoms with Crippen LogP contribution in [-0.4, -0.2) is 28.5 Å². The summed E-state index contributed by atoms with van der Waals surface area (Å²) in [5.41, 5.74) is 5.36. The first-order chi connectivity index (χ1) is 12.0. The Bertz CT molecular complexity index is 852. The number of aryl methyl sites for hydroxylation is 3. The predicted molar refractivity (Wildman–Crippen MR) is 105 cm³/mol. The summed E-state index contributed by atoms with van der Waals surface area (Å²) in [5, 5.41) is 7.42. The van der Waals surface area contributed by atoms with E-state index in [4.69, 9.17) is 0 Å². The molecule has 0 saturated heterocycles. The van der Waals surface area contributed by atoms with Crippen LogP contribution in [0, 0.1) is 20.8 Å². The van der Waals surface area contributed by atoms with Gasteiger partial charge in [0, 0.05) is 16.8 Å². The highest BCUT2D eigenvalue weighted by atomic mass is 32.1. The largest absolute Gasteiger partial charge is 0.324 e. The molecule has 0 radical (unpaired) electrons. The number of nitrogens with one attached hydrogen (secondary N) is 2. The molecule has 0 unspecified atom stereocenters. The van der Waals surface area contributed by atoms with Crippen LogP contribution in [0.25, 0.3) is 10.7 Å². The lowest BCUT2D eigenvalue weighted by Crippen LogP contribution is -2.09. The Labute approximate surface area is 152 Å². The summed E-state index contributed by atoms with van der Waals surface area (Å²) in [6, 6.07) is 8.24. The van der Waals surface area contributed by atoms with Crippen LogP contribution in [0.4, 0.5) is 11.6 Å². The molecule has 0 saturated carbocycles. The van der Waals surface area contributed by atoms with E-state index in [1.54, 1.807) is 17.5 Å². The molecule has 130 valence electrons. The van der Waals surface area contributed by atoms with Gasteiger partial charge in [-0.15, -0.1) is 11.3 Å². The maximum absolute atomic E-state index is 4.68. The summed E-state index contributed by atoms with van der Waals surface area (Å²) < 4.78 is 0. The van der Waals surface area contributed by atoms with Gasteiger partial charge >= 0.3 is 0 Å². The number of nitrogens with zero attached hydrogens (tertiary/aromatic N) is 3. The molecule has 2 heterocycles. The monoisotopic (exact) mass is 353 g/mol. The van der Waals surface area contributed by atoms with E-state index in [1.165, 1.54) is 16.0 Å². The van der Waals surface area contributed by atoms with Gasteiger partial charge in [-0.05, 0) is 70.1 Å². The number of hydrogen-bond donors (Lipinski definition) is 2.